The molecule has 0 fully saturated rings. The van der Waals surface area contributed by atoms with Gasteiger partial charge in [-0.3, -0.25) is 4.79 Å². The van der Waals surface area contributed by atoms with E-state index in [4.69, 9.17) is 5.73 Å². The van der Waals surface area contributed by atoms with E-state index in [1.165, 1.54) is 28.4 Å². The van der Waals surface area contributed by atoms with E-state index in [9.17, 15) is 13.2 Å². The highest BCUT2D eigenvalue weighted by Gasteiger charge is 2.19. The van der Waals surface area contributed by atoms with E-state index in [1.807, 2.05) is 0 Å². The second kappa shape index (κ2) is 4.75. The van der Waals surface area contributed by atoms with Crippen LogP contribution in [0.25, 0.3) is 10.9 Å². The van der Waals surface area contributed by atoms with Crippen LogP contribution in [0.15, 0.2) is 59.6 Å². The predicted octanol–water partition coefficient (Wildman–Crippen LogP) is 2.27. The summed E-state index contributed by atoms with van der Waals surface area (Å²) < 4.78 is 26.4. The third-order valence-corrected chi connectivity index (χ3v) is 5.04. The lowest BCUT2D eigenvalue weighted by Crippen LogP contribution is -2.11. The second-order valence-electron chi connectivity index (χ2n) is 4.55. The van der Waals surface area contributed by atoms with Gasteiger partial charge < -0.3 is 5.73 Å². The highest BCUT2D eigenvalue weighted by atomic mass is 32.2. The van der Waals surface area contributed by atoms with Crippen LogP contribution in [0.2, 0.25) is 0 Å². The highest BCUT2D eigenvalue weighted by Crippen LogP contribution is 2.28. The third-order valence-electron chi connectivity index (χ3n) is 3.34. The molecule has 0 aliphatic carbocycles. The fourth-order valence-corrected chi connectivity index (χ4v) is 3.62. The van der Waals surface area contributed by atoms with Gasteiger partial charge >= 0.3 is 0 Å². The van der Waals surface area contributed by atoms with Crippen molar-refractivity contribution in [2.45, 2.75) is 4.90 Å². The number of nitrogens with two attached hydrogens (primary N) is 1. The van der Waals surface area contributed by atoms with Gasteiger partial charge in [-0.25, -0.2) is 12.4 Å². The molecule has 0 spiro atoms. The molecule has 2 aromatic carbocycles. The van der Waals surface area contributed by atoms with Crippen molar-refractivity contribution in [3.63, 3.8) is 0 Å². The van der Waals surface area contributed by atoms with Crippen LogP contribution < -0.4 is 5.73 Å². The average molecular weight is 300 g/mol. The number of benzene rings is 2. The van der Waals surface area contributed by atoms with Crippen molar-refractivity contribution in [1.29, 1.82) is 0 Å². The number of aromatic nitrogens is 1. The standard InChI is InChI=1S/C15H12N2O3S/c16-15-11(10-18)6-7-14-13(15)8-9-17(14)21(19,20)12-4-2-1-3-5-12/h1-10H,16H2. The summed E-state index contributed by atoms with van der Waals surface area (Å²) in [6.45, 7) is 0. The monoisotopic (exact) mass is 300 g/mol. The summed E-state index contributed by atoms with van der Waals surface area (Å²) in [4.78, 5) is 11.1. The Morgan fingerprint density at radius 1 is 1.00 bits per heavy atom. The van der Waals surface area contributed by atoms with Crippen molar-refractivity contribution in [1.82, 2.24) is 3.97 Å². The zero-order chi connectivity index (χ0) is 15.0. The Morgan fingerprint density at radius 2 is 1.71 bits per heavy atom. The van der Waals surface area contributed by atoms with E-state index >= 15 is 0 Å². The minimum absolute atomic E-state index is 0.195. The number of nitrogens with zero attached hydrogens (tertiary/aromatic N) is 1. The molecule has 106 valence electrons. The molecule has 21 heavy (non-hydrogen) atoms. The number of anilines is 1. The maximum Gasteiger partial charge on any atom is 0.268 e. The Kier molecular flexibility index (Phi) is 3.03. The molecule has 2 N–H and O–H groups in total. The molecule has 0 amide bonds. The van der Waals surface area contributed by atoms with Crippen molar-refractivity contribution in [3.05, 3.63) is 60.3 Å². The Labute approximate surface area is 121 Å². The number of carbonyl (C=O) groups excluding carboxylic acids is 1. The van der Waals surface area contributed by atoms with Gasteiger partial charge in [0.05, 0.1) is 16.1 Å². The first-order valence-electron chi connectivity index (χ1n) is 6.21. The van der Waals surface area contributed by atoms with Crippen LogP contribution in [-0.2, 0) is 10.0 Å². The van der Waals surface area contributed by atoms with Gasteiger partial charge in [-0.05, 0) is 30.3 Å². The van der Waals surface area contributed by atoms with Crippen molar-refractivity contribution >= 4 is 32.9 Å². The van der Waals surface area contributed by atoms with Crippen LogP contribution >= 0.6 is 0 Å². The van der Waals surface area contributed by atoms with Gasteiger partial charge in [0.1, 0.15) is 0 Å². The smallest absolute Gasteiger partial charge is 0.268 e. The second-order valence-corrected chi connectivity index (χ2v) is 6.36. The Hall–Kier alpha value is -2.60. The molecular formula is C15H12N2O3S. The summed E-state index contributed by atoms with van der Waals surface area (Å²) in [5.41, 5.74) is 6.96. The van der Waals surface area contributed by atoms with Crippen LogP contribution in [-0.4, -0.2) is 18.7 Å². The van der Waals surface area contributed by atoms with Gasteiger partial charge in [0.25, 0.3) is 10.0 Å². The average Bonchev–Trinajstić information content (AvgIpc) is 2.94. The minimum atomic E-state index is -3.69. The number of fused-ring (bicyclic) bond motifs is 1. The molecule has 0 aliphatic rings. The summed E-state index contributed by atoms with van der Waals surface area (Å²) in [6.07, 6.45) is 2.09. The normalized spacial score (nSPS) is 11.6. The first kappa shape index (κ1) is 13.4. The maximum atomic E-state index is 12.6. The molecule has 6 heteroatoms. The summed E-state index contributed by atoms with van der Waals surface area (Å²) in [5, 5.41) is 0.541. The molecule has 0 saturated carbocycles. The van der Waals surface area contributed by atoms with E-state index in [0.29, 0.717) is 22.8 Å². The topological polar surface area (TPSA) is 82.2 Å². The SMILES string of the molecule is Nc1c(C=O)ccc2c1ccn2S(=O)(=O)c1ccccc1. The van der Waals surface area contributed by atoms with Crippen LogP contribution in [0.3, 0.4) is 0 Å². The van der Waals surface area contributed by atoms with E-state index in [2.05, 4.69) is 0 Å². The van der Waals surface area contributed by atoms with E-state index < -0.39 is 10.0 Å². The Balaban J connectivity index is 2.28. The molecular weight excluding hydrogens is 288 g/mol. The lowest BCUT2D eigenvalue weighted by atomic mass is 10.1. The maximum absolute atomic E-state index is 12.6. The Bertz CT molecular complexity index is 928. The molecule has 0 aliphatic heterocycles. The molecule has 0 unspecified atom stereocenters. The van der Waals surface area contributed by atoms with Crippen molar-refractivity contribution < 1.29 is 13.2 Å². The summed E-state index contributed by atoms with van der Waals surface area (Å²) in [6, 6.07) is 12.8. The minimum Gasteiger partial charge on any atom is -0.398 e. The van der Waals surface area contributed by atoms with Gasteiger partial charge in [-0.1, -0.05) is 18.2 Å². The molecule has 1 heterocycles. The number of aldehydes is 1. The van der Waals surface area contributed by atoms with E-state index in [0.717, 1.165) is 0 Å². The summed E-state index contributed by atoms with van der Waals surface area (Å²) >= 11 is 0. The number of carbonyl (C=O) groups is 1. The largest absolute Gasteiger partial charge is 0.398 e. The fourth-order valence-electron chi connectivity index (χ4n) is 2.25. The van der Waals surface area contributed by atoms with Crippen LogP contribution in [0, 0.1) is 0 Å². The van der Waals surface area contributed by atoms with Crippen LogP contribution in [0.4, 0.5) is 5.69 Å². The van der Waals surface area contributed by atoms with Crippen molar-refractivity contribution in [2.24, 2.45) is 0 Å². The number of hydrogen-bond donors (Lipinski definition) is 1. The molecule has 0 radical (unpaired) electrons. The zero-order valence-corrected chi connectivity index (χ0v) is 11.7. The van der Waals surface area contributed by atoms with Crippen LogP contribution in [0.1, 0.15) is 10.4 Å². The number of rotatable bonds is 3. The highest BCUT2D eigenvalue weighted by molar-refractivity contribution is 7.90. The van der Waals surface area contributed by atoms with E-state index in [1.54, 1.807) is 30.3 Å². The number of nitrogen functional groups attached to an aromatic ring is 1. The molecule has 3 aromatic rings. The van der Waals surface area contributed by atoms with Gasteiger partial charge in [-0.15, -0.1) is 0 Å². The number of hydrogen-bond acceptors (Lipinski definition) is 4. The van der Waals surface area contributed by atoms with Crippen LogP contribution in [0.5, 0.6) is 0 Å². The summed E-state index contributed by atoms with van der Waals surface area (Å²) in [7, 11) is -3.69. The van der Waals surface area contributed by atoms with Gasteiger partial charge in [0.15, 0.2) is 6.29 Å². The van der Waals surface area contributed by atoms with Crippen molar-refractivity contribution in [2.75, 3.05) is 5.73 Å². The fraction of sp³-hybridized carbons (Fsp3) is 0. The molecule has 3 rings (SSSR count). The van der Waals surface area contributed by atoms with Crippen molar-refractivity contribution in [3.8, 4) is 0 Å². The molecule has 5 nitrogen and oxygen atoms in total. The first-order valence-corrected chi connectivity index (χ1v) is 7.65. The molecule has 0 saturated heterocycles. The lowest BCUT2D eigenvalue weighted by Gasteiger charge is -2.08. The third kappa shape index (κ3) is 2.00. The molecule has 0 bridgehead atoms. The van der Waals surface area contributed by atoms with Gasteiger partial charge in [0, 0.05) is 17.1 Å². The summed E-state index contributed by atoms with van der Waals surface area (Å²) in [5.74, 6) is 0. The zero-order valence-electron chi connectivity index (χ0n) is 10.9. The lowest BCUT2D eigenvalue weighted by molar-refractivity contribution is 0.112. The quantitative estimate of drug-likeness (QED) is 0.594. The first-order chi connectivity index (χ1) is 10.1. The Morgan fingerprint density at radius 3 is 2.38 bits per heavy atom. The predicted molar refractivity (Wildman–Crippen MR) is 80.8 cm³/mol. The van der Waals surface area contributed by atoms with Gasteiger partial charge in [-0.2, -0.15) is 0 Å². The molecule has 0 atom stereocenters. The van der Waals surface area contributed by atoms with E-state index in [-0.39, 0.29) is 10.6 Å². The van der Waals surface area contributed by atoms with Gasteiger partial charge in [0.2, 0.25) is 0 Å². The molecule has 1 aromatic heterocycles.